The molecule has 1 heterocycles. The third-order valence-electron chi connectivity index (χ3n) is 5.31. The molecule has 7 heteroatoms. The summed E-state index contributed by atoms with van der Waals surface area (Å²) >= 11 is 0. The number of rotatable bonds is 6. The Balaban J connectivity index is 1.45. The second-order valence-corrected chi connectivity index (χ2v) is 9.35. The van der Waals surface area contributed by atoms with Crippen molar-refractivity contribution >= 4 is 21.6 Å². The second-order valence-electron chi connectivity index (χ2n) is 7.41. The number of para-hydroxylation sites is 1. The molecule has 0 unspecified atom stereocenters. The Morgan fingerprint density at radius 1 is 0.839 bits per heavy atom. The van der Waals surface area contributed by atoms with E-state index in [1.54, 1.807) is 31.3 Å². The van der Waals surface area contributed by atoms with Gasteiger partial charge in [-0.05, 0) is 73.5 Å². The van der Waals surface area contributed by atoms with E-state index in [0.717, 1.165) is 18.6 Å². The maximum Gasteiger partial charge on any atom is 0.258 e. The molecular formula is C24H24N2O4S. The first-order valence-electron chi connectivity index (χ1n) is 10.2. The van der Waals surface area contributed by atoms with Crippen LogP contribution in [0.15, 0.2) is 83.8 Å². The highest BCUT2D eigenvalue weighted by Gasteiger charge is 2.27. The van der Waals surface area contributed by atoms with Crippen molar-refractivity contribution in [2.75, 3.05) is 25.0 Å². The van der Waals surface area contributed by atoms with Gasteiger partial charge >= 0.3 is 0 Å². The van der Waals surface area contributed by atoms with Gasteiger partial charge in [-0.1, -0.05) is 18.2 Å². The molecule has 0 N–H and O–H groups in total. The fourth-order valence-electron chi connectivity index (χ4n) is 3.52. The number of anilines is 1. The van der Waals surface area contributed by atoms with Crippen LogP contribution in [0.1, 0.15) is 23.2 Å². The fourth-order valence-corrected chi connectivity index (χ4v) is 5.04. The molecule has 160 valence electrons. The molecule has 31 heavy (non-hydrogen) atoms. The lowest BCUT2D eigenvalue weighted by molar-refractivity contribution is 0.0993. The van der Waals surface area contributed by atoms with E-state index in [1.807, 2.05) is 42.5 Å². The largest absolute Gasteiger partial charge is 0.457 e. The van der Waals surface area contributed by atoms with Gasteiger partial charge in [-0.15, -0.1) is 0 Å². The van der Waals surface area contributed by atoms with Gasteiger partial charge in [-0.3, -0.25) is 4.79 Å². The Labute approximate surface area is 182 Å². The normalized spacial score (nSPS) is 14.4. The molecule has 3 aromatic rings. The highest BCUT2D eigenvalue weighted by atomic mass is 32.2. The first-order valence-corrected chi connectivity index (χ1v) is 11.6. The van der Waals surface area contributed by atoms with Crippen LogP contribution < -0.4 is 9.64 Å². The molecule has 6 nitrogen and oxygen atoms in total. The number of benzene rings is 3. The van der Waals surface area contributed by atoms with E-state index < -0.39 is 10.0 Å². The average Bonchev–Trinajstić information content (AvgIpc) is 3.35. The molecule has 0 saturated carbocycles. The monoisotopic (exact) mass is 436 g/mol. The van der Waals surface area contributed by atoms with Crippen molar-refractivity contribution in [3.8, 4) is 11.5 Å². The SMILES string of the molecule is CN(C(=O)c1ccc(S(=O)(=O)N2CCCC2)cc1)c1ccc(Oc2ccccc2)cc1. The summed E-state index contributed by atoms with van der Waals surface area (Å²) in [6.45, 7) is 1.10. The van der Waals surface area contributed by atoms with Gasteiger partial charge in [0.25, 0.3) is 5.91 Å². The summed E-state index contributed by atoms with van der Waals surface area (Å²) in [5, 5.41) is 0. The third kappa shape index (κ3) is 4.62. The van der Waals surface area contributed by atoms with E-state index in [9.17, 15) is 13.2 Å². The standard InChI is InChI=1S/C24H24N2O4S/c1-25(20-11-13-22(14-12-20)30-21-7-3-2-4-8-21)24(27)19-9-15-23(16-10-19)31(28,29)26-17-5-6-18-26/h2-4,7-16H,5-6,17-18H2,1H3. The zero-order valence-electron chi connectivity index (χ0n) is 17.3. The third-order valence-corrected chi connectivity index (χ3v) is 7.22. The summed E-state index contributed by atoms with van der Waals surface area (Å²) in [4.78, 5) is 14.6. The van der Waals surface area contributed by atoms with Crippen LogP contribution in [0.2, 0.25) is 0 Å². The number of nitrogens with zero attached hydrogens (tertiary/aromatic N) is 2. The summed E-state index contributed by atoms with van der Waals surface area (Å²) in [5.74, 6) is 1.19. The Bertz CT molecular complexity index is 1140. The minimum Gasteiger partial charge on any atom is -0.457 e. The van der Waals surface area contributed by atoms with Crippen LogP contribution >= 0.6 is 0 Å². The number of sulfonamides is 1. The molecule has 0 bridgehead atoms. The van der Waals surface area contributed by atoms with Crippen LogP contribution in [0.3, 0.4) is 0 Å². The average molecular weight is 437 g/mol. The van der Waals surface area contributed by atoms with Crippen LogP contribution in [-0.4, -0.2) is 38.8 Å². The van der Waals surface area contributed by atoms with E-state index >= 15 is 0 Å². The predicted molar refractivity (Wildman–Crippen MR) is 120 cm³/mol. The van der Waals surface area contributed by atoms with Gasteiger partial charge in [0.2, 0.25) is 10.0 Å². The Morgan fingerprint density at radius 3 is 2.03 bits per heavy atom. The Hall–Kier alpha value is -3.16. The van der Waals surface area contributed by atoms with Gasteiger partial charge in [0, 0.05) is 31.4 Å². The van der Waals surface area contributed by atoms with Crippen LogP contribution in [-0.2, 0) is 10.0 Å². The molecule has 1 saturated heterocycles. The molecular weight excluding hydrogens is 412 g/mol. The van der Waals surface area contributed by atoms with Crippen molar-refractivity contribution in [1.82, 2.24) is 4.31 Å². The van der Waals surface area contributed by atoms with Gasteiger partial charge in [0.05, 0.1) is 4.90 Å². The lowest BCUT2D eigenvalue weighted by atomic mass is 10.2. The molecule has 0 radical (unpaired) electrons. The zero-order chi connectivity index (χ0) is 21.8. The minimum absolute atomic E-state index is 0.219. The van der Waals surface area contributed by atoms with Crippen molar-refractivity contribution < 1.29 is 17.9 Å². The van der Waals surface area contributed by atoms with Gasteiger partial charge in [0.1, 0.15) is 11.5 Å². The van der Waals surface area contributed by atoms with Crippen molar-refractivity contribution in [3.63, 3.8) is 0 Å². The number of carbonyl (C=O) groups excluding carboxylic acids is 1. The maximum absolute atomic E-state index is 12.9. The fraction of sp³-hybridized carbons (Fsp3) is 0.208. The van der Waals surface area contributed by atoms with E-state index in [1.165, 1.54) is 21.3 Å². The van der Waals surface area contributed by atoms with E-state index in [0.29, 0.717) is 30.1 Å². The van der Waals surface area contributed by atoms with Gasteiger partial charge in [-0.25, -0.2) is 8.42 Å². The smallest absolute Gasteiger partial charge is 0.258 e. The highest BCUT2D eigenvalue weighted by molar-refractivity contribution is 7.89. The number of hydrogen-bond acceptors (Lipinski definition) is 4. The van der Waals surface area contributed by atoms with Gasteiger partial charge in [-0.2, -0.15) is 4.31 Å². The molecule has 4 rings (SSSR count). The molecule has 1 aliphatic rings. The van der Waals surface area contributed by atoms with Crippen molar-refractivity contribution in [3.05, 3.63) is 84.4 Å². The van der Waals surface area contributed by atoms with Crippen LogP contribution in [0.25, 0.3) is 0 Å². The minimum atomic E-state index is -3.49. The van der Waals surface area contributed by atoms with Gasteiger partial charge in [0.15, 0.2) is 0 Å². The molecule has 1 fully saturated rings. The molecule has 0 atom stereocenters. The topological polar surface area (TPSA) is 66.9 Å². The maximum atomic E-state index is 12.9. The quantitative estimate of drug-likeness (QED) is 0.569. The van der Waals surface area contributed by atoms with Crippen LogP contribution in [0, 0.1) is 0 Å². The number of amides is 1. The summed E-state index contributed by atoms with van der Waals surface area (Å²) in [7, 11) is -1.80. The number of carbonyl (C=O) groups is 1. The summed E-state index contributed by atoms with van der Waals surface area (Å²) in [6, 6.07) is 22.8. The lowest BCUT2D eigenvalue weighted by Gasteiger charge is -2.19. The molecule has 1 aliphatic heterocycles. The summed E-state index contributed by atoms with van der Waals surface area (Å²) in [5.41, 5.74) is 1.13. The summed E-state index contributed by atoms with van der Waals surface area (Å²) in [6.07, 6.45) is 1.77. The first-order chi connectivity index (χ1) is 14.9. The zero-order valence-corrected chi connectivity index (χ0v) is 18.1. The molecule has 3 aromatic carbocycles. The van der Waals surface area contributed by atoms with Crippen LogP contribution in [0.5, 0.6) is 11.5 Å². The number of hydrogen-bond donors (Lipinski definition) is 0. The Morgan fingerprint density at radius 2 is 1.42 bits per heavy atom. The molecule has 0 spiro atoms. The first kappa shape index (κ1) is 21.1. The second kappa shape index (κ2) is 8.91. The van der Waals surface area contributed by atoms with Crippen molar-refractivity contribution in [2.24, 2.45) is 0 Å². The molecule has 1 amide bonds. The highest BCUT2D eigenvalue weighted by Crippen LogP contribution is 2.25. The van der Waals surface area contributed by atoms with E-state index in [2.05, 4.69) is 0 Å². The lowest BCUT2D eigenvalue weighted by Crippen LogP contribution is -2.28. The molecule has 0 aromatic heterocycles. The van der Waals surface area contributed by atoms with Gasteiger partial charge < -0.3 is 9.64 Å². The Kier molecular flexibility index (Phi) is 6.06. The van der Waals surface area contributed by atoms with Crippen LogP contribution in [0.4, 0.5) is 5.69 Å². The predicted octanol–water partition coefficient (Wildman–Crippen LogP) is 4.54. The van der Waals surface area contributed by atoms with Crippen molar-refractivity contribution in [2.45, 2.75) is 17.7 Å². The van der Waals surface area contributed by atoms with E-state index in [-0.39, 0.29) is 10.8 Å². The van der Waals surface area contributed by atoms with E-state index in [4.69, 9.17) is 4.74 Å². The van der Waals surface area contributed by atoms with Crippen molar-refractivity contribution in [1.29, 1.82) is 0 Å². The number of ether oxygens (including phenoxy) is 1. The molecule has 0 aliphatic carbocycles. The summed E-state index contributed by atoms with van der Waals surface area (Å²) < 4.78 is 32.6.